The van der Waals surface area contributed by atoms with Crippen LogP contribution in [0.15, 0.2) is 18.2 Å². The number of carbonyl (C=O) groups excluding carboxylic acids is 2. The van der Waals surface area contributed by atoms with Gasteiger partial charge in [-0.15, -0.1) is 0 Å². The Labute approximate surface area is 138 Å². The number of amides is 2. The second-order valence-electron chi connectivity index (χ2n) is 5.53. The second kappa shape index (κ2) is 7.58. The molecule has 1 aromatic rings. The summed E-state index contributed by atoms with van der Waals surface area (Å²) >= 11 is 0. The molecule has 0 aliphatic carbocycles. The van der Waals surface area contributed by atoms with E-state index < -0.39 is 31.1 Å². The fourth-order valence-corrected chi connectivity index (χ4v) is 2.42. The van der Waals surface area contributed by atoms with E-state index >= 15 is 0 Å². The fraction of sp³-hybridized carbons (Fsp3) is 0.467. The van der Waals surface area contributed by atoms with E-state index in [1.165, 1.54) is 13.8 Å². The molecule has 1 heterocycles. The number of hydrogen-bond acceptors (Lipinski definition) is 7. The summed E-state index contributed by atoms with van der Waals surface area (Å²) in [7, 11) is 0. The van der Waals surface area contributed by atoms with Crippen LogP contribution in [0.5, 0.6) is 0 Å². The molecular formula is C15H21N3O6. The molecule has 9 nitrogen and oxygen atoms in total. The molecular weight excluding hydrogens is 318 g/mol. The Kier molecular flexibility index (Phi) is 5.73. The van der Waals surface area contributed by atoms with Crippen LogP contribution in [-0.4, -0.2) is 58.3 Å². The van der Waals surface area contributed by atoms with Gasteiger partial charge in [-0.05, 0) is 18.2 Å². The van der Waals surface area contributed by atoms with Crippen molar-refractivity contribution < 1.29 is 29.6 Å². The normalized spacial score (nSPS) is 26.0. The van der Waals surface area contributed by atoms with Crippen molar-refractivity contribution in [1.82, 2.24) is 0 Å². The molecule has 9 heteroatoms. The molecule has 2 rings (SSSR count). The number of hydrogen-bond donors (Lipinski definition) is 6. The van der Waals surface area contributed by atoms with Gasteiger partial charge in [0, 0.05) is 19.5 Å². The van der Waals surface area contributed by atoms with Crippen LogP contribution in [-0.2, 0) is 14.3 Å². The Bertz CT molecular complexity index is 623. The SMILES string of the molecule is CC(=O)Nc1ccc(N[C@@H]2O[C@H](CO)[C@@H](O)[C@@H]2O)c(NC(C)=O)c1. The Balaban J connectivity index is 2.22. The third-order valence-corrected chi connectivity index (χ3v) is 3.49. The first-order valence-electron chi connectivity index (χ1n) is 7.40. The van der Waals surface area contributed by atoms with E-state index in [4.69, 9.17) is 9.84 Å². The molecule has 6 N–H and O–H groups in total. The summed E-state index contributed by atoms with van der Waals surface area (Å²) in [6, 6.07) is 4.74. The van der Waals surface area contributed by atoms with Crippen LogP contribution >= 0.6 is 0 Å². The number of carbonyl (C=O) groups is 2. The predicted molar refractivity (Wildman–Crippen MR) is 86.4 cm³/mol. The van der Waals surface area contributed by atoms with Gasteiger partial charge in [-0.2, -0.15) is 0 Å². The smallest absolute Gasteiger partial charge is 0.221 e. The van der Waals surface area contributed by atoms with E-state index in [1.54, 1.807) is 18.2 Å². The maximum atomic E-state index is 11.4. The predicted octanol–water partition coefficient (Wildman–Crippen LogP) is -0.546. The Morgan fingerprint density at radius 2 is 1.75 bits per heavy atom. The largest absolute Gasteiger partial charge is 0.394 e. The molecule has 1 saturated heterocycles. The van der Waals surface area contributed by atoms with Crippen LogP contribution in [0.2, 0.25) is 0 Å². The molecule has 132 valence electrons. The number of benzene rings is 1. The maximum Gasteiger partial charge on any atom is 0.221 e. The zero-order chi connectivity index (χ0) is 17.9. The van der Waals surface area contributed by atoms with Crippen molar-refractivity contribution in [2.45, 2.75) is 38.4 Å². The van der Waals surface area contributed by atoms with Gasteiger partial charge in [0.2, 0.25) is 11.8 Å². The summed E-state index contributed by atoms with van der Waals surface area (Å²) in [4.78, 5) is 22.5. The third-order valence-electron chi connectivity index (χ3n) is 3.49. The van der Waals surface area contributed by atoms with Crippen molar-refractivity contribution in [3.8, 4) is 0 Å². The van der Waals surface area contributed by atoms with Gasteiger partial charge in [0.25, 0.3) is 0 Å². The molecule has 1 aliphatic heterocycles. The molecule has 0 spiro atoms. The Morgan fingerprint density at radius 3 is 2.29 bits per heavy atom. The second-order valence-corrected chi connectivity index (χ2v) is 5.53. The van der Waals surface area contributed by atoms with Gasteiger partial charge in [0.15, 0.2) is 6.23 Å². The average molecular weight is 339 g/mol. The van der Waals surface area contributed by atoms with Gasteiger partial charge >= 0.3 is 0 Å². The number of rotatable bonds is 5. The number of anilines is 3. The fourth-order valence-electron chi connectivity index (χ4n) is 2.42. The first-order chi connectivity index (χ1) is 11.3. The first kappa shape index (κ1) is 18.1. The van der Waals surface area contributed by atoms with E-state index in [0.29, 0.717) is 17.1 Å². The number of aliphatic hydroxyl groups is 3. The lowest BCUT2D eigenvalue weighted by atomic mass is 10.1. The molecule has 2 amide bonds. The summed E-state index contributed by atoms with van der Waals surface area (Å²) in [5.74, 6) is -0.577. The average Bonchev–Trinajstić information content (AvgIpc) is 2.76. The van der Waals surface area contributed by atoms with E-state index in [2.05, 4.69) is 16.0 Å². The lowest BCUT2D eigenvalue weighted by Crippen LogP contribution is -2.36. The van der Waals surface area contributed by atoms with E-state index in [1.807, 2.05) is 0 Å². The lowest BCUT2D eigenvalue weighted by molar-refractivity contribution is -0.115. The van der Waals surface area contributed by atoms with E-state index in [0.717, 1.165) is 0 Å². The van der Waals surface area contributed by atoms with E-state index in [9.17, 15) is 19.8 Å². The zero-order valence-corrected chi connectivity index (χ0v) is 13.3. The van der Waals surface area contributed by atoms with E-state index in [-0.39, 0.29) is 11.8 Å². The number of ether oxygens (including phenoxy) is 1. The van der Waals surface area contributed by atoms with Crippen molar-refractivity contribution in [3.05, 3.63) is 18.2 Å². The highest BCUT2D eigenvalue weighted by Gasteiger charge is 2.42. The highest BCUT2D eigenvalue weighted by molar-refractivity contribution is 5.95. The molecule has 1 fully saturated rings. The number of aliphatic hydroxyl groups excluding tert-OH is 3. The van der Waals surface area contributed by atoms with Crippen LogP contribution in [0.3, 0.4) is 0 Å². The molecule has 4 atom stereocenters. The molecule has 0 saturated carbocycles. The standard InChI is InChI=1S/C15H21N3O6/c1-7(20)16-9-3-4-10(11(5-9)17-8(2)21)18-15-14(23)13(22)12(6-19)24-15/h3-5,12-15,18-19,22-23H,6H2,1-2H3,(H,16,20)(H,17,21)/t12-,13-,14+,15-/m1/s1. The summed E-state index contributed by atoms with van der Waals surface area (Å²) in [5.41, 5.74) is 1.28. The van der Waals surface area contributed by atoms with Crippen molar-refractivity contribution in [1.29, 1.82) is 0 Å². The lowest BCUT2D eigenvalue weighted by Gasteiger charge is -2.20. The molecule has 0 bridgehead atoms. The van der Waals surface area contributed by atoms with Crippen LogP contribution in [0, 0.1) is 0 Å². The molecule has 0 aromatic heterocycles. The molecule has 1 aromatic carbocycles. The van der Waals surface area contributed by atoms with Gasteiger partial charge in [-0.25, -0.2) is 0 Å². The monoisotopic (exact) mass is 339 g/mol. The molecule has 0 unspecified atom stereocenters. The van der Waals surface area contributed by atoms with Crippen LogP contribution < -0.4 is 16.0 Å². The van der Waals surface area contributed by atoms with Crippen molar-refractivity contribution in [2.24, 2.45) is 0 Å². The molecule has 1 aliphatic rings. The van der Waals surface area contributed by atoms with Crippen LogP contribution in [0.25, 0.3) is 0 Å². The summed E-state index contributed by atoms with van der Waals surface area (Å²) in [6.45, 7) is 2.27. The number of nitrogens with one attached hydrogen (secondary N) is 3. The highest BCUT2D eigenvalue weighted by atomic mass is 16.6. The van der Waals surface area contributed by atoms with Crippen molar-refractivity contribution in [2.75, 3.05) is 22.6 Å². The van der Waals surface area contributed by atoms with Gasteiger partial charge in [-0.1, -0.05) is 0 Å². The van der Waals surface area contributed by atoms with Gasteiger partial charge in [-0.3, -0.25) is 9.59 Å². The van der Waals surface area contributed by atoms with Crippen LogP contribution in [0.4, 0.5) is 17.1 Å². The summed E-state index contributed by atoms with van der Waals surface area (Å²) in [5, 5.41) is 36.9. The topological polar surface area (TPSA) is 140 Å². The maximum absolute atomic E-state index is 11.4. The molecule has 24 heavy (non-hydrogen) atoms. The Hall–Kier alpha value is -2.20. The van der Waals surface area contributed by atoms with Gasteiger partial charge < -0.3 is 36.0 Å². The summed E-state index contributed by atoms with van der Waals surface area (Å²) < 4.78 is 5.35. The first-order valence-corrected chi connectivity index (χ1v) is 7.40. The highest BCUT2D eigenvalue weighted by Crippen LogP contribution is 2.30. The van der Waals surface area contributed by atoms with Gasteiger partial charge in [0.05, 0.1) is 18.0 Å². The zero-order valence-electron chi connectivity index (χ0n) is 13.3. The minimum absolute atomic E-state index is 0.257. The van der Waals surface area contributed by atoms with Crippen molar-refractivity contribution >= 4 is 28.9 Å². The minimum atomic E-state index is -1.25. The Morgan fingerprint density at radius 1 is 1.08 bits per heavy atom. The van der Waals surface area contributed by atoms with Crippen molar-refractivity contribution in [3.63, 3.8) is 0 Å². The minimum Gasteiger partial charge on any atom is -0.394 e. The van der Waals surface area contributed by atoms with Gasteiger partial charge in [0.1, 0.15) is 18.3 Å². The van der Waals surface area contributed by atoms with Crippen LogP contribution in [0.1, 0.15) is 13.8 Å². The quantitative estimate of drug-likeness (QED) is 0.423. The third kappa shape index (κ3) is 4.20. The summed E-state index contributed by atoms with van der Waals surface area (Å²) in [6.07, 6.45) is -4.34. The molecule has 0 radical (unpaired) electrons.